The minimum atomic E-state index is 0.321. The van der Waals surface area contributed by atoms with E-state index in [2.05, 4.69) is 275 Å². The summed E-state index contributed by atoms with van der Waals surface area (Å²) in [5, 5.41) is 50.3. The van der Waals surface area contributed by atoms with Crippen LogP contribution >= 0.6 is 0 Å². The van der Waals surface area contributed by atoms with Crippen LogP contribution in [0.2, 0.25) is 0 Å². The molecule has 13 aromatic rings. The van der Waals surface area contributed by atoms with Gasteiger partial charge in [-0.2, -0.15) is 5.10 Å². The molecule has 21 rings (SSSR count). The summed E-state index contributed by atoms with van der Waals surface area (Å²) in [6, 6.07) is 71.4. The Kier molecular flexibility index (Phi) is 29.5. The molecule has 0 saturated carbocycles. The van der Waals surface area contributed by atoms with E-state index in [-0.39, 0.29) is 0 Å². The van der Waals surface area contributed by atoms with Crippen molar-refractivity contribution >= 4 is 28.6 Å². The van der Waals surface area contributed by atoms with Crippen molar-refractivity contribution in [3.8, 4) is 28.4 Å². The zero-order valence-corrected chi connectivity index (χ0v) is 79.4. The van der Waals surface area contributed by atoms with E-state index in [0.29, 0.717) is 57.9 Å². The van der Waals surface area contributed by atoms with Gasteiger partial charge in [-0.1, -0.05) is 181 Å². The van der Waals surface area contributed by atoms with Gasteiger partial charge < -0.3 is 34.4 Å². The first-order valence-corrected chi connectivity index (χ1v) is 46.7. The number of aromatic hydroxyl groups is 2. The summed E-state index contributed by atoms with van der Waals surface area (Å²) in [6.07, 6.45) is 16.5. The van der Waals surface area contributed by atoms with Crippen molar-refractivity contribution in [3.05, 3.63) is 406 Å². The minimum Gasteiger partial charge on any atom is -0.508 e. The molecule has 2 aliphatic heterocycles. The van der Waals surface area contributed by atoms with Gasteiger partial charge in [0.1, 0.15) is 57.9 Å². The average molecular weight is 1770 g/mol. The van der Waals surface area contributed by atoms with Crippen molar-refractivity contribution in [2.75, 3.05) is 13.3 Å². The second-order valence-corrected chi connectivity index (χ2v) is 36.5. The van der Waals surface area contributed by atoms with Crippen LogP contribution in [0.4, 0.5) is 0 Å². The molecular formula is C115H121N11O7. The number of phenols is 2. The molecule has 12 aromatic carbocycles. The zero-order valence-electron chi connectivity index (χ0n) is 79.4. The smallest absolute Gasteiger partial charge is 0.142 e. The Morgan fingerprint density at radius 3 is 0.895 bits per heavy atom. The highest BCUT2D eigenvalue weighted by molar-refractivity contribution is 6.06. The Balaban J connectivity index is 0.000000116. The van der Waals surface area contributed by atoms with Crippen LogP contribution in [0.1, 0.15) is 217 Å². The van der Waals surface area contributed by atoms with E-state index in [9.17, 15) is 10.2 Å². The van der Waals surface area contributed by atoms with Crippen LogP contribution in [0.5, 0.6) is 11.5 Å². The second-order valence-electron chi connectivity index (χ2n) is 36.5. The van der Waals surface area contributed by atoms with Gasteiger partial charge in [0, 0.05) is 39.6 Å². The summed E-state index contributed by atoms with van der Waals surface area (Å²) >= 11 is 0. The van der Waals surface area contributed by atoms with Crippen LogP contribution in [-0.2, 0) is 102 Å². The van der Waals surface area contributed by atoms with Crippen molar-refractivity contribution in [1.29, 1.82) is 0 Å². The first-order chi connectivity index (χ1) is 64.4. The van der Waals surface area contributed by atoms with Gasteiger partial charge in [-0.15, -0.1) is 0 Å². The lowest BCUT2D eigenvalue weighted by Crippen LogP contribution is -2.21. The van der Waals surface area contributed by atoms with Gasteiger partial charge in [0.05, 0.1) is 61.4 Å². The van der Waals surface area contributed by atoms with Gasteiger partial charge in [-0.05, 0) is 382 Å². The Bertz CT molecular complexity index is 6820. The molecular weight excluding hydrogens is 1650 g/mol. The van der Waals surface area contributed by atoms with Gasteiger partial charge >= 0.3 is 0 Å². The molecule has 18 nitrogen and oxygen atoms in total. The van der Waals surface area contributed by atoms with Gasteiger partial charge in [0.25, 0.3) is 0 Å². The number of oxime groups is 5. The maximum atomic E-state index is 9.93. The molecule has 18 heteroatoms. The third-order valence-corrected chi connectivity index (χ3v) is 26.3. The number of aromatic nitrogens is 2. The molecule has 0 spiro atoms. The van der Waals surface area contributed by atoms with E-state index in [1.807, 2.05) is 79.2 Å². The van der Waals surface area contributed by atoms with Crippen molar-refractivity contribution in [3.63, 3.8) is 0 Å². The van der Waals surface area contributed by atoms with Crippen LogP contribution in [0.3, 0.4) is 0 Å². The lowest BCUT2D eigenvalue weighted by atomic mass is 9.87. The number of aryl methyl sites for hydroxylation is 21. The Hall–Kier alpha value is -14.0. The van der Waals surface area contributed by atoms with Crippen LogP contribution in [-0.4, -0.2) is 61.9 Å². The van der Waals surface area contributed by atoms with Gasteiger partial charge in [-0.3, -0.25) is 20.0 Å². The van der Waals surface area contributed by atoms with Crippen LogP contribution in [0, 0.1) is 96.9 Å². The van der Waals surface area contributed by atoms with E-state index in [4.69, 9.17) is 29.3 Å². The summed E-state index contributed by atoms with van der Waals surface area (Å²) in [4.78, 5) is 45.1. The number of phenolic OH excluding ortho intramolecular Hbond substituents is 2. The number of rotatable bonds is 16. The summed E-state index contributed by atoms with van der Waals surface area (Å²) < 4.78 is 2.02. The lowest BCUT2D eigenvalue weighted by molar-refractivity contribution is 0.130. The number of hydrogen-bond acceptors (Lipinski definition) is 17. The molecule has 2 N–H and O–H groups in total. The first kappa shape index (κ1) is 92.3. The standard InChI is InChI=1S/C20H21N3O.C20H20N2.C19H19N3O.C19H21NO2.C19H21NO.C18H19NO2/c1-13-8-16-4-3-5-18(17(16)9-14(13)2)23-24-11-15-6-7-19-20(10-15)22-12-21-19;1-13-4-8-18(9-5-13)22-12-17-7-6-16-10-14(2)15(3)11-19(16)20(17)21-22;1-12-7-15-4-6-17(16(15)8-13(12)2)22-23-10-14-3-5-18-19(9-14)21-11-20-18;1-13-6-8-15(9-7-13)12-22-20-18-5-3-4-16-10-14(2)19(21)11-17(16)18;1-13-4-6-16(7-5-13)12-21-20-19-9-8-17-10-14(2)15(3)11-18(17)19;1-12-3-5-14(6-4-12)11-21-19-17-8-7-15-9-13(2)18(20)10-16(15)17/h6-10H,3-5,11-12H2,1-2H3;4-5,8-12H,6-7H2,1-3H3;3,5,7-9H,4,6,10-11H2,1-2H3;6-11,21H,3-5,12H2,1-2H3;4-7,10-11H,8-9,12H2,1-3H3;3-6,9-10,20H,7-8,11H2,1-2H3/b23-18+;;22-17+;20-18+;20-19+;19-17+. The second kappa shape index (κ2) is 42.5. The Labute approximate surface area is 781 Å². The van der Waals surface area contributed by atoms with Crippen LogP contribution in [0.25, 0.3) is 16.9 Å². The van der Waals surface area contributed by atoms with Crippen molar-refractivity contribution in [2.45, 2.75) is 220 Å². The van der Waals surface area contributed by atoms with Crippen molar-refractivity contribution in [2.24, 2.45) is 45.7 Å². The fourth-order valence-corrected chi connectivity index (χ4v) is 17.7. The van der Waals surface area contributed by atoms with E-state index < -0.39 is 0 Å². The van der Waals surface area contributed by atoms with E-state index >= 15 is 0 Å². The molecule has 8 aliphatic rings. The fourth-order valence-electron chi connectivity index (χ4n) is 17.7. The van der Waals surface area contributed by atoms with Crippen LogP contribution in [0.15, 0.2) is 258 Å². The van der Waals surface area contributed by atoms with E-state index in [1.165, 1.54) is 128 Å². The van der Waals surface area contributed by atoms with Gasteiger partial charge in [-0.25, -0.2) is 4.68 Å². The Morgan fingerprint density at radius 1 is 0.256 bits per heavy atom. The Morgan fingerprint density at radius 2 is 0.526 bits per heavy atom. The highest BCUT2D eigenvalue weighted by atomic mass is 16.6. The molecule has 3 heterocycles. The van der Waals surface area contributed by atoms with Crippen LogP contribution < -0.4 is 21.4 Å². The predicted octanol–water partition coefficient (Wildman–Crippen LogP) is 22.3. The molecule has 6 aliphatic carbocycles. The predicted molar refractivity (Wildman–Crippen MR) is 532 cm³/mol. The quantitative estimate of drug-likeness (QED) is 0.0885. The highest BCUT2D eigenvalue weighted by Crippen LogP contribution is 2.37. The molecule has 0 saturated heterocycles. The maximum absolute atomic E-state index is 9.93. The largest absolute Gasteiger partial charge is 0.508 e. The molecule has 0 radical (unpaired) electrons. The molecule has 0 amide bonds. The van der Waals surface area contributed by atoms with Gasteiger partial charge in [0.2, 0.25) is 0 Å². The third-order valence-electron chi connectivity index (χ3n) is 26.3. The number of nitrogens with zero attached hydrogens (tertiary/aromatic N) is 11. The summed E-state index contributed by atoms with van der Waals surface area (Å²) in [5.74, 6) is 0.647. The highest BCUT2D eigenvalue weighted by Gasteiger charge is 2.26. The molecule has 0 bridgehead atoms. The zero-order chi connectivity index (χ0) is 92.8. The number of hydrogen-bond donors (Lipinski definition) is 2. The van der Waals surface area contributed by atoms with E-state index in [0.717, 1.165) is 201 Å². The molecule has 133 heavy (non-hydrogen) atoms. The summed E-state index contributed by atoms with van der Waals surface area (Å²) in [6.45, 7) is 33.0. The first-order valence-electron chi connectivity index (χ1n) is 46.7. The topological polar surface area (TPSA) is 216 Å². The normalized spacial score (nSPS) is 15.5. The average Bonchev–Trinajstić information content (AvgIpc) is 1.63. The monoisotopic (exact) mass is 1770 g/mol. The third kappa shape index (κ3) is 23.1. The molecule has 0 fully saturated rings. The van der Waals surface area contributed by atoms with Gasteiger partial charge in [0.15, 0.2) is 0 Å². The molecule has 1 aromatic heterocycles. The summed E-state index contributed by atoms with van der Waals surface area (Å²) in [7, 11) is 0. The molecule has 678 valence electrons. The lowest BCUT2D eigenvalue weighted by Gasteiger charge is -2.19. The molecule has 0 atom stereocenters. The maximum Gasteiger partial charge on any atom is 0.142 e. The minimum absolute atomic E-state index is 0.321. The van der Waals surface area contributed by atoms with E-state index in [1.54, 1.807) is 6.07 Å². The van der Waals surface area contributed by atoms with Crippen molar-refractivity contribution in [1.82, 2.24) is 9.78 Å². The SMILES string of the molecule is Cc1cc2c(cc1C)/C(=N/OCc1ccc3c(c1)=NCN=3)CC2.Cc1cc2c(cc1C)/C(=N/OCc1ccc3c(c1)=NCN=3)CCC2.Cc1ccc(-n2cc3c(n2)-c2cc(C)c(C)cc2CC3)cc1.Cc1ccc(CO/N=C2\CCCc3cc(C)c(O)cc32)cc1.Cc1ccc(CO/N=C2\CCc3cc(C)c(C)cc32)cc1.Cc1ccc(CO/N=C2\CCc3cc(C)c(O)cc32)cc1. The van der Waals surface area contributed by atoms with Crippen molar-refractivity contribution < 1.29 is 34.4 Å². The summed E-state index contributed by atoms with van der Waals surface area (Å²) in [5.41, 5.74) is 47.0. The fraction of sp³-hybridized carbons (Fsp3) is 0.304. The molecule has 0 unspecified atom stereocenters. The number of fused-ring (bicyclic) bond motifs is 10. The number of benzene rings is 12.